The van der Waals surface area contributed by atoms with Crippen LogP contribution in [0.3, 0.4) is 0 Å². The highest BCUT2D eigenvalue weighted by Crippen LogP contribution is 2.53. The molecular formula is C22H23BrN2O2. The number of nitrogens with one attached hydrogen (secondary N) is 1. The number of hydrogen-bond donors (Lipinski definition) is 1. The third kappa shape index (κ3) is 2.76. The number of methoxy groups -OCH3 is 1. The lowest BCUT2D eigenvalue weighted by Gasteiger charge is -2.49. The molecule has 0 saturated carbocycles. The quantitative estimate of drug-likeness (QED) is 0.785. The van der Waals surface area contributed by atoms with Crippen LogP contribution in [0.15, 0.2) is 53.0 Å². The number of halogens is 1. The first-order chi connectivity index (χ1) is 12.9. The third-order valence-corrected chi connectivity index (χ3v) is 6.30. The highest BCUT2D eigenvalue weighted by molar-refractivity contribution is 9.10. The Hall–Kier alpha value is -2.27. The lowest BCUT2D eigenvalue weighted by atomic mass is 9.74. The maximum Gasteiger partial charge on any atom is 0.223 e. The van der Waals surface area contributed by atoms with Gasteiger partial charge in [-0.05, 0) is 47.5 Å². The van der Waals surface area contributed by atoms with Gasteiger partial charge in [0.25, 0.3) is 0 Å². The van der Waals surface area contributed by atoms with Crippen molar-refractivity contribution in [3.05, 3.63) is 64.1 Å². The third-order valence-electron chi connectivity index (χ3n) is 5.80. The molecule has 1 N–H and O–H groups in total. The minimum Gasteiger partial charge on any atom is -0.497 e. The van der Waals surface area contributed by atoms with E-state index in [1.54, 1.807) is 7.11 Å². The molecule has 0 unspecified atom stereocenters. The zero-order chi connectivity index (χ0) is 19.2. The van der Waals surface area contributed by atoms with Crippen LogP contribution in [0.1, 0.15) is 31.4 Å². The molecule has 1 atom stereocenters. The van der Waals surface area contributed by atoms with Crippen molar-refractivity contribution in [2.75, 3.05) is 18.6 Å². The zero-order valence-corrected chi connectivity index (χ0v) is 17.3. The number of carbonyl (C=O) groups is 1. The van der Waals surface area contributed by atoms with Gasteiger partial charge in [-0.2, -0.15) is 0 Å². The molecular weight excluding hydrogens is 404 g/mol. The summed E-state index contributed by atoms with van der Waals surface area (Å²) in [5.74, 6) is 0.901. The maximum atomic E-state index is 12.4. The van der Waals surface area contributed by atoms with Crippen molar-refractivity contribution in [1.29, 1.82) is 0 Å². The molecule has 2 aromatic carbocycles. The number of carbonyl (C=O) groups excluding carboxylic acids is 1. The van der Waals surface area contributed by atoms with Gasteiger partial charge < -0.3 is 15.0 Å². The molecule has 0 aromatic heterocycles. The molecule has 140 valence electrons. The van der Waals surface area contributed by atoms with Crippen molar-refractivity contribution < 1.29 is 9.53 Å². The first-order valence-corrected chi connectivity index (χ1v) is 9.89. The predicted octanol–water partition coefficient (Wildman–Crippen LogP) is 4.48. The summed E-state index contributed by atoms with van der Waals surface area (Å²) in [7, 11) is 1.67. The summed E-state index contributed by atoms with van der Waals surface area (Å²) < 4.78 is 6.38. The fraction of sp³-hybridized carbons (Fsp3) is 0.318. The van der Waals surface area contributed by atoms with Gasteiger partial charge in [0, 0.05) is 28.5 Å². The Kier molecular flexibility index (Phi) is 4.30. The van der Waals surface area contributed by atoms with Crippen LogP contribution in [0.2, 0.25) is 0 Å². The summed E-state index contributed by atoms with van der Waals surface area (Å²) in [5.41, 5.74) is 2.55. The number of amides is 1. The van der Waals surface area contributed by atoms with E-state index in [4.69, 9.17) is 4.74 Å². The Morgan fingerprint density at radius 3 is 2.81 bits per heavy atom. The van der Waals surface area contributed by atoms with E-state index in [0.717, 1.165) is 15.8 Å². The van der Waals surface area contributed by atoms with Gasteiger partial charge >= 0.3 is 0 Å². The number of rotatable bonds is 3. The smallest absolute Gasteiger partial charge is 0.223 e. The van der Waals surface area contributed by atoms with E-state index < -0.39 is 5.66 Å². The van der Waals surface area contributed by atoms with Crippen LogP contribution < -0.4 is 15.0 Å². The first-order valence-electron chi connectivity index (χ1n) is 9.09. The molecule has 0 radical (unpaired) electrons. The van der Waals surface area contributed by atoms with Gasteiger partial charge in [0.1, 0.15) is 11.4 Å². The average molecular weight is 427 g/mol. The molecule has 0 aliphatic carbocycles. The van der Waals surface area contributed by atoms with Crippen LogP contribution in [-0.4, -0.2) is 25.2 Å². The molecule has 2 aromatic rings. The number of fused-ring (bicyclic) bond motifs is 3. The fourth-order valence-corrected chi connectivity index (χ4v) is 4.65. The van der Waals surface area contributed by atoms with Gasteiger partial charge in [-0.3, -0.25) is 4.79 Å². The van der Waals surface area contributed by atoms with Gasteiger partial charge in [-0.15, -0.1) is 0 Å². The van der Waals surface area contributed by atoms with Gasteiger partial charge in [0.15, 0.2) is 0 Å². The van der Waals surface area contributed by atoms with Gasteiger partial charge in [-0.1, -0.05) is 48.0 Å². The molecule has 0 bridgehead atoms. The van der Waals surface area contributed by atoms with Gasteiger partial charge in [0.05, 0.1) is 7.11 Å². The average Bonchev–Trinajstić information content (AvgIpc) is 2.84. The minimum atomic E-state index is -0.603. The molecule has 2 heterocycles. The predicted molar refractivity (Wildman–Crippen MR) is 112 cm³/mol. The molecule has 2 aliphatic rings. The lowest BCUT2D eigenvalue weighted by Crippen LogP contribution is -2.68. The summed E-state index contributed by atoms with van der Waals surface area (Å²) in [6.45, 7) is 5.09. The number of anilines is 1. The van der Waals surface area contributed by atoms with E-state index in [-0.39, 0.29) is 11.3 Å². The van der Waals surface area contributed by atoms with Crippen LogP contribution in [-0.2, 0) is 10.2 Å². The van der Waals surface area contributed by atoms with Crippen LogP contribution in [0.25, 0.3) is 6.08 Å². The Morgan fingerprint density at radius 2 is 2.04 bits per heavy atom. The SMILES string of the molecule is COc1cccc(C=C[C@]23NC(=O)CCN2c2ccc(Br)cc2C3(C)C)c1. The topological polar surface area (TPSA) is 41.6 Å². The Balaban J connectivity index is 1.83. The Bertz CT molecular complexity index is 938. The lowest BCUT2D eigenvalue weighted by molar-refractivity contribution is -0.124. The molecule has 27 heavy (non-hydrogen) atoms. The second kappa shape index (κ2) is 6.41. The van der Waals surface area contributed by atoms with Crippen LogP contribution >= 0.6 is 15.9 Å². The van der Waals surface area contributed by atoms with Crippen LogP contribution in [0.4, 0.5) is 5.69 Å². The van der Waals surface area contributed by atoms with Gasteiger partial charge in [0.2, 0.25) is 5.91 Å². The van der Waals surface area contributed by atoms with Crippen molar-refractivity contribution in [2.24, 2.45) is 0 Å². The molecule has 5 heteroatoms. The van der Waals surface area contributed by atoms with E-state index in [1.165, 1.54) is 11.3 Å². The summed E-state index contributed by atoms with van der Waals surface area (Å²) in [6.07, 6.45) is 4.71. The summed E-state index contributed by atoms with van der Waals surface area (Å²) in [5, 5.41) is 3.30. The summed E-state index contributed by atoms with van der Waals surface area (Å²) in [6, 6.07) is 14.3. The number of ether oxygens (including phenoxy) is 1. The normalized spacial score (nSPS) is 23.1. The van der Waals surface area contributed by atoms with E-state index in [9.17, 15) is 4.79 Å². The Labute approximate surface area is 168 Å². The minimum absolute atomic E-state index is 0.0847. The van der Waals surface area contributed by atoms with Crippen molar-refractivity contribution >= 4 is 33.6 Å². The standard InChI is InChI=1S/C22H23BrN2O2/c1-21(2)18-14-16(23)7-8-19(18)25-12-10-20(26)24-22(21,25)11-9-15-5-4-6-17(13-15)27-3/h4-9,11,13-14H,10,12H2,1-3H3,(H,24,26)/t22-/m0/s1. The molecule has 1 fully saturated rings. The largest absolute Gasteiger partial charge is 0.497 e. The van der Waals surface area contributed by atoms with Crippen molar-refractivity contribution in [3.8, 4) is 5.75 Å². The van der Waals surface area contributed by atoms with Crippen molar-refractivity contribution in [1.82, 2.24) is 5.32 Å². The molecule has 4 nitrogen and oxygen atoms in total. The highest BCUT2D eigenvalue weighted by atomic mass is 79.9. The Morgan fingerprint density at radius 1 is 1.22 bits per heavy atom. The number of hydrogen-bond acceptors (Lipinski definition) is 3. The van der Waals surface area contributed by atoms with Gasteiger partial charge in [-0.25, -0.2) is 0 Å². The molecule has 1 saturated heterocycles. The number of benzene rings is 2. The van der Waals surface area contributed by atoms with Crippen LogP contribution in [0.5, 0.6) is 5.75 Å². The van der Waals surface area contributed by atoms with E-state index in [0.29, 0.717) is 13.0 Å². The van der Waals surface area contributed by atoms with E-state index >= 15 is 0 Å². The molecule has 1 amide bonds. The first kappa shape index (κ1) is 18.1. The number of nitrogens with zero attached hydrogens (tertiary/aromatic N) is 1. The maximum absolute atomic E-state index is 12.4. The molecule has 0 spiro atoms. The summed E-state index contributed by atoms with van der Waals surface area (Å²) in [4.78, 5) is 14.8. The van der Waals surface area contributed by atoms with Crippen molar-refractivity contribution in [3.63, 3.8) is 0 Å². The van der Waals surface area contributed by atoms with E-state index in [2.05, 4.69) is 70.3 Å². The van der Waals surface area contributed by atoms with E-state index in [1.807, 2.05) is 24.3 Å². The highest BCUT2D eigenvalue weighted by Gasteiger charge is 2.57. The molecule has 4 rings (SSSR count). The molecule has 2 aliphatic heterocycles. The van der Waals surface area contributed by atoms with Crippen molar-refractivity contribution in [2.45, 2.75) is 31.3 Å². The zero-order valence-electron chi connectivity index (χ0n) is 15.8. The second-order valence-corrected chi connectivity index (χ2v) is 8.53. The van der Waals surface area contributed by atoms with Crippen LogP contribution in [0, 0.1) is 0 Å². The monoisotopic (exact) mass is 426 g/mol. The summed E-state index contributed by atoms with van der Waals surface area (Å²) >= 11 is 3.60. The second-order valence-electron chi connectivity index (χ2n) is 7.61. The fourth-order valence-electron chi connectivity index (χ4n) is 4.29.